The van der Waals surface area contributed by atoms with Crippen molar-refractivity contribution in [1.29, 1.82) is 0 Å². The summed E-state index contributed by atoms with van der Waals surface area (Å²) in [5.41, 5.74) is -0.348. The highest BCUT2D eigenvalue weighted by molar-refractivity contribution is 5.92. The van der Waals surface area contributed by atoms with Crippen molar-refractivity contribution in [3.63, 3.8) is 0 Å². The van der Waals surface area contributed by atoms with Crippen molar-refractivity contribution in [2.45, 2.75) is 6.54 Å². The molecule has 9 heteroatoms. The third-order valence-electron chi connectivity index (χ3n) is 3.17. The summed E-state index contributed by atoms with van der Waals surface area (Å²) in [6.45, 7) is 0.163. The lowest BCUT2D eigenvalue weighted by molar-refractivity contribution is 0.0943. The molecule has 0 radical (unpaired) electrons. The highest BCUT2D eigenvalue weighted by Gasteiger charge is 2.15. The van der Waals surface area contributed by atoms with Gasteiger partial charge in [-0.2, -0.15) is 0 Å². The molecule has 0 aliphatic carbocycles. The van der Waals surface area contributed by atoms with Gasteiger partial charge in [0, 0.05) is 6.20 Å². The van der Waals surface area contributed by atoms with Crippen molar-refractivity contribution in [3.05, 3.63) is 71.7 Å². The second-order valence-corrected chi connectivity index (χ2v) is 4.88. The lowest BCUT2D eigenvalue weighted by atomic mass is 10.3. The summed E-state index contributed by atoms with van der Waals surface area (Å²) in [6.07, 6.45) is 2.75. The van der Waals surface area contributed by atoms with Crippen molar-refractivity contribution >= 4 is 17.5 Å². The predicted molar refractivity (Wildman–Crippen MR) is 81.5 cm³/mol. The minimum Gasteiger partial charge on any atom is -0.467 e. The first-order chi connectivity index (χ1) is 12.0. The molecule has 0 unspecified atom stereocenters. The van der Waals surface area contributed by atoms with E-state index < -0.39 is 23.4 Å². The van der Waals surface area contributed by atoms with Gasteiger partial charge in [-0.3, -0.25) is 4.79 Å². The molecular weight excluding hydrogens is 337 g/mol. The Morgan fingerprint density at radius 2 is 1.96 bits per heavy atom. The van der Waals surface area contributed by atoms with Crippen molar-refractivity contribution < 1.29 is 22.4 Å². The van der Waals surface area contributed by atoms with E-state index >= 15 is 0 Å². The van der Waals surface area contributed by atoms with Crippen LogP contribution in [0.5, 0.6) is 0 Å². The second kappa shape index (κ2) is 7.04. The second-order valence-electron chi connectivity index (χ2n) is 4.88. The molecule has 6 nitrogen and oxygen atoms in total. The fourth-order valence-corrected chi connectivity index (χ4v) is 1.96. The summed E-state index contributed by atoms with van der Waals surface area (Å²) < 4.78 is 44.9. The Hall–Kier alpha value is -3.36. The Kier molecular flexibility index (Phi) is 4.64. The number of carbonyl (C=O) groups excluding carboxylic acids is 1. The summed E-state index contributed by atoms with van der Waals surface area (Å²) in [5, 5.41) is 4.99. The van der Waals surface area contributed by atoms with Gasteiger partial charge in [0.2, 0.25) is 5.95 Å². The lowest BCUT2D eigenvalue weighted by Crippen LogP contribution is -2.24. The average Bonchev–Trinajstić information content (AvgIpc) is 3.14. The Balaban J connectivity index is 1.73. The van der Waals surface area contributed by atoms with Gasteiger partial charge >= 0.3 is 0 Å². The fourth-order valence-electron chi connectivity index (χ4n) is 1.96. The standard InChI is InChI=1S/C16H11F3N4O2/c17-10-3-4-11(14(19)13(10)18)22-16-20-6-5-12(23-16)15(24)21-8-9-2-1-7-25-9/h1-7H,8H2,(H,21,24)(H,20,22,23). The summed E-state index contributed by atoms with van der Waals surface area (Å²) >= 11 is 0. The molecule has 3 aromatic rings. The van der Waals surface area contributed by atoms with Crippen LogP contribution in [0.1, 0.15) is 16.2 Å². The largest absolute Gasteiger partial charge is 0.467 e. The molecule has 0 saturated heterocycles. The maximum absolute atomic E-state index is 13.7. The van der Waals surface area contributed by atoms with Crippen molar-refractivity contribution in [1.82, 2.24) is 15.3 Å². The number of aromatic nitrogens is 2. The monoisotopic (exact) mass is 348 g/mol. The lowest BCUT2D eigenvalue weighted by Gasteiger charge is -2.08. The van der Waals surface area contributed by atoms with Crippen LogP contribution >= 0.6 is 0 Å². The molecule has 0 saturated carbocycles. The Morgan fingerprint density at radius 3 is 2.72 bits per heavy atom. The van der Waals surface area contributed by atoms with E-state index in [1.807, 2.05) is 0 Å². The Bertz CT molecular complexity index is 900. The zero-order valence-electron chi connectivity index (χ0n) is 12.6. The van der Waals surface area contributed by atoms with E-state index in [1.165, 1.54) is 18.5 Å². The average molecular weight is 348 g/mol. The number of anilines is 2. The smallest absolute Gasteiger partial charge is 0.270 e. The number of nitrogens with one attached hydrogen (secondary N) is 2. The van der Waals surface area contributed by atoms with Gasteiger partial charge in [0.1, 0.15) is 11.5 Å². The van der Waals surface area contributed by atoms with Gasteiger partial charge in [0.05, 0.1) is 18.5 Å². The predicted octanol–water partition coefficient (Wildman–Crippen LogP) is 3.16. The van der Waals surface area contributed by atoms with Crippen molar-refractivity contribution in [2.75, 3.05) is 5.32 Å². The number of nitrogens with zero attached hydrogens (tertiary/aromatic N) is 2. The molecular formula is C16H11F3N4O2. The Labute approximate surface area is 139 Å². The number of hydrogen-bond acceptors (Lipinski definition) is 5. The normalized spacial score (nSPS) is 10.5. The van der Waals surface area contributed by atoms with Gasteiger partial charge in [0.15, 0.2) is 17.5 Å². The van der Waals surface area contributed by atoms with Crippen LogP contribution in [-0.4, -0.2) is 15.9 Å². The summed E-state index contributed by atoms with van der Waals surface area (Å²) in [6, 6.07) is 6.50. The molecule has 0 fully saturated rings. The molecule has 0 spiro atoms. The third-order valence-corrected chi connectivity index (χ3v) is 3.17. The molecule has 1 aromatic carbocycles. The first kappa shape index (κ1) is 16.5. The quantitative estimate of drug-likeness (QED) is 0.693. The molecule has 25 heavy (non-hydrogen) atoms. The van der Waals surface area contributed by atoms with Crippen LogP contribution in [0.3, 0.4) is 0 Å². The molecule has 3 rings (SSSR count). The molecule has 0 aliphatic rings. The number of benzene rings is 1. The number of carbonyl (C=O) groups is 1. The van der Waals surface area contributed by atoms with Gasteiger partial charge in [-0.25, -0.2) is 23.1 Å². The molecule has 2 aromatic heterocycles. The number of hydrogen-bond donors (Lipinski definition) is 2. The van der Waals surface area contributed by atoms with Crippen LogP contribution in [0.25, 0.3) is 0 Å². The van der Waals surface area contributed by atoms with E-state index in [4.69, 9.17) is 4.42 Å². The summed E-state index contributed by atoms with van der Waals surface area (Å²) in [5.74, 6) is -4.42. The van der Waals surface area contributed by atoms with Gasteiger partial charge in [-0.05, 0) is 30.3 Å². The van der Waals surface area contributed by atoms with Crippen molar-refractivity contribution in [2.24, 2.45) is 0 Å². The maximum Gasteiger partial charge on any atom is 0.270 e. The van der Waals surface area contributed by atoms with Crippen LogP contribution in [0.4, 0.5) is 24.8 Å². The molecule has 2 N–H and O–H groups in total. The number of amides is 1. The topological polar surface area (TPSA) is 80.0 Å². The molecule has 0 atom stereocenters. The fraction of sp³-hybridized carbons (Fsp3) is 0.0625. The third kappa shape index (κ3) is 3.77. The first-order valence-corrected chi connectivity index (χ1v) is 7.09. The van der Waals surface area contributed by atoms with Crippen LogP contribution in [0.15, 0.2) is 47.2 Å². The van der Waals surface area contributed by atoms with E-state index in [0.717, 1.165) is 12.1 Å². The zero-order valence-corrected chi connectivity index (χ0v) is 12.6. The SMILES string of the molecule is O=C(NCc1ccco1)c1ccnc(Nc2ccc(F)c(F)c2F)n1. The highest BCUT2D eigenvalue weighted by Crippen LogP contribution is 2.21. The molecule has 0 bridgehead atoms. The first-order valence-electron chi connectivity index (χ1n) is 7.09. The highest BCUT2D eigenvalue weighted by atomic mass is 19.2. The van der Waals surface area contributed by atoms with Crippen LogP contribution < -0.4 is 10.6 Å². The van der Waals surface area contributed by atoms with Crippen LogP contribution in [0, 0.1) is 17.5 Å². The number of rotatable bonds is 5. The van der Waals surface area contributed by atoms with E-state index in [2.05, 4.69) is 20.6 Å². The number of halogens is 3. The molecule has 0 aliphatic heterocycles. The van der Waals surface area contributed by atoms with Gasteiger partial charge in [-0.15, -0.1) is 0 Å². The minimum atomic E-state index is -1.61. The minimum absolute atomic E-state index is 0.00653. The Morgan fingerprint density at radius 1 is 1.12 bits per heavy atom. The number of furan rings is 1. The van der Waals surface area contributed by atoms with E-state index in [0.29, 0.717) is 5.76 Å². The van der Waals surface area contributed by atoms with Crippen LogP contribution in [0.2, 0.25) is 0 Å². The van der Waals surface area contributed by atoms with Gasteiger partial charge < -0.3 is 15.1 Å². The van der Waals surface area contributed by atoms with Crippen molar-refractivity contribution in [3.8, 4) is 0 Å². The van der Waals surface area contributed by atoms with Gasteiger partial charge in [0.25, 0.3) is 5.91 Å². The van der Waals surface area contributed by atoms with Gasteiger partial charge in [-0.1, -0.05) is 0 Å². The zero-order chi connectivity index (χ0) is 17.8. The van der Waals surface area contributed by atoms with E-state index in [1.54, 1.807) is 12.1 Å². The summed E-state index contributed by atoms with van der Waals surface area (Å²) in [7, 11) is 0. The van der Waals surface area contributed by atoms with E-state index in [9.17, 15) is 18.0 Å². The van der Waals surface area contributed by atoms with E-state index in [-0.39, 0.29) is 23.9 Å². The van der Waals surface area contributed by atoms with Crippen LogP contribution in [-0.2, 0) is 6.54 Å². The maximum atomic E-state index is 13.7. The molecule has 2 heterocycles. The summed E-state index contributed by atoms with van der Waals surface area (Å²) in [4.78, 5) is 19.8. The molecule has 1 amide bonds. The molecule has 128 valence electrons.